The molecular formula is C30H31N3O2S. The Hall–Kier alpha value is -3.51. The Morgan fingerprint density at radius 3 is 2.31 bits per heavy atom. The van der Waals surface area contributed by atoms with Crippen molar-refractivity contribution < 1.29 is 9.59 Å². The number of rotatable bonds is 4. The third-order valence-corrected chi connectivity index (χ3v) is 7.92. The highest BCUT2D eigenvalue weighted by Crippen LogP contribution is 2.42. The Morgan fingerprint density at radius 2 is 1.56 bits per heavy atom. The van der Waals surface area contributed by atoms with Crippen LogP contribution in [0, 0.1) is 20.8 Å². The molecule has 6 heteroatoms. The number of para-hydroxylation sites is 1. The number of fused-ring (bicyclic) bond motifs is 1. The van der Waals surface area contributed by atoms with Gasteiger partial charge in [-0.3, -0.25) is 14.5 Å². The molecule has 5 rings (SSSR count). The van der Waals surface area contributed by atoms with Crippen molar-refractivity contribution in [1.82, 2.24) is 4.90 Å². The summed E-state index contributed by atoms with van der Waals surface area (Å²) < 4.78 is 0. The maximum Gasteiger partial charge on any atom is 0.265 e. The van der Waals surface area contributed by atoms with E-state index in [-0.39, 0.29) is 18.4 Å². The first-order valence-corrected chi connectivity index (χ1v) is 13.2. The van der Waals surface area contributed by atoms with Gasteiger partial charge in [-0.25, -0.2) is 0 Å². The van der Waals surface area contributed by atoms with Gasteiger partial charge in [-0.05, 0) is 61.7 Å². The topological polar surface area (TPSA) is 43.9 Å². The van der Waals surface area contributed by atoms with E-state index >= 15 is 0 Å². The summed E-state index contributed by atoms with van der Waals surface area (Å²) in [6, 6.07) is 22.4. The van der Waals surface area contributed by atoms with Crippen LogP contribution in [0.5, 0.6) is 0 Å². The van der Waals surface area contributed by atoms with Crippen LogP contribution in [0.15, 0.2) is 76.5 Å². The van der Waals surface area contributed by atoms with E-state index < -0.39 is 0 Å². The molecule has 2 aliphatic rings. The van der Waals surface area contributed by atoms with Gasteiger partial charge in [0.2, 0.25) is 5.91 Å². The number of anilines is 2. The van der Waals surface area contributed by atoms with E-state index in [2.05, 4.69) is 36.9 Å². The van der Waals surface area contributed by atoms with E-state index in [1.54, 1.807) is 4.90 Å². The molecule has 3 aromatic rings. The highest BCUT2D eigenvalue weighted by molar-refractivity contribution is 8.04. The van der Waals surface area contributed by atoms with Gasteiger partial charge in [0.15, 0.2) is 0 Å². The average molecular weight is 498 g/mol. The first kappa shape index (κ1) is 24.2. The van der Waals surface area contributed by atoms with Gasteiger partial charge in [-0.1, -0.05) is 65.9 Å². The monoisotopic (exact) mass is 497 g/mol. The van der Waals surface area contributed by atoms with Crippen LogP contribution in [0.1, 0.15) is 22.3 Å². The summed E-state index contributed by atoms with van der Waals surface area (Å²) in [5.41, 5.74) is 6.69. The Bertz CT molecular complexity index is 1320. The van der Waals surface area contributed by atoms with Gasteiger partial charge >= 0.3 is 0 Å². The number of thioether (sulfide) groups is 1. The van der Waals surface area contributed by atoms with Crippen molar-refractivity contribution in [2.24, 2.45) is 0 Å². The van der Waals surface area contributed by atoms with Gasteiger partial charge in [0.05, 0.1) is 10.6 Å². The molecule has 0 bridgehead atoms. The normalized spacial score (nSPS) is 16.9. The molecule has 0 spiro atoms. The number of carbonyl (C=O) groups excluding carboxylic acids is 2. The molecule has 0 aliphatic carbocycles. The van der Waals surface area contributed by atoms with Crippen LogP contribution in [-0.2, 0) is 9.59 Å². The lowest BCUT2D eigenvalue weighted by Gasteiger charge is -2.38. The highest BCUT2D eigenvalue weighted by Gasteiger charge is 2.32. The summed E-state index contributed by atoms with van der Waals surface area (Å²) >= 11 is 1.47. The molecule has 0 radical (unpaired) electrons. The molecule has 36 heavy (non-hydrogen) atoms. The highest BCUT2D eigenvalue weighted by atomic mass is 32.2. The first-order chi connectivity index (χ1) is 17.4. The van der Waals surface area contributed by atoms with Crippen LogP contribution < -0.4 is 9.80 Å². The summed E-state index contributed by atoms with van der Waals surface area (Å²) in [4.78, 5) is 34.4. The minimum absolute atomic E-state index is 0.0136. The van der Waals surface area contributed by atoms with Crippen molar-refractivity contribution in [2.75, 3.05) is 42.5 Å². The lowest BCUT2D eigenvalue weighted by Crippen LogP contribution is -2.52. The van der Waals surface area contributed by atoms with E-state index in [1.165, 1.54) is 34.1 Å². The van der Waals surface area contributed by atoms with Crippen LogP contribution in [0.25, 0.3) is 6.08 Å². The van der Waals surface area contributed by atoms with Gasteiger partial charge in [0.25, 0.3) is 5.91 Å². The van der Waals surface area contributed by atoms with Crippen LogP contribution in [0.2, 0.25) is 0 Å². The number of benzene rings is 3. The molecule has 0 unspecified atom stereocenters. The zero-order valence-corrected chi connectivity index (χ0v) is 21.8. The number of piperazine rings is 1. The van der Waals surface area contributed by atoms with Crippen molar-refractivity contribution in [3.63, 3.8) is 0 Å². The van der Waals surface area contributed by atoms with Crippen molar-refractivity contribution >= 4 is 41.0 Å². The zero-order valence-electron chi connectivity index (χ0n) is 21.0. The Morgan fingerprint density at radius 1 is 0.861 bits per heavy atom. The van der Waals surface area contributed by atoms with Gasteiger partial charge in [0.1, 0.15) is 6.54 Å². The molecule has 5 nitrogen and oxygen atoms in total. The number of amides is 2. The molecule has 0 saturated carbocycles. The average Bonchev–Trinajstić information content (AvgIpc) is 2.89. The number of hydrogen-bond donors (Lipinski definition) is 0. The molecule has 0 atom stereocenters. The maximum atomic E-state index is 13.5. The van der Waals surface area contributed by atoms with Crippen LogP contribution in [0.3, 0.4) is 0 Å². The number of carbonyl (C=O) groups is 2. The fraction of sp³-hybridized carbons (Fsp3) is 0.267. The lowest BCUT2D eigenvalue weighted by atomic mass is 10.1. The molecule has 2 heterocycles. The molecule has 2 amide bonds. The van der Waals surface area contributed by atoms with Gasteiger partial charge in [-0.2, -0.15) is 0 Å². The fourth-order valence-electron chi connectivity index (χ4n) is 4.73. The smallest absolute Gasteiger partial charge is 0.265 e. The predicted octanol–water partition coefficient (Wildman–Crippen LogP) is 5.44. The van der Waals surface area contributed by atoms with Crippen molar-refractivity contribution in [3.8, 4) is 0 Å². The summed E-state index contributed by atoms with van der Waals surface area (Å²) in [7, 11) is 0. The Balaban J connectivity index is 1.32. The fourth-order valence-corrected chi connectivity index (χ4v) is 5.78. The van der Waals surface area contributed by atoms with Gasteiger partial charge < -0.3 is 9.80 Å². The molecular weight excluding hydrogens is 466 g/mol. The lowest BCUT2D eigenvalue weighted by molar-refractivity contribution is -0.131. The van der Waals surface area contributed by atoms with Crippen LogP contribution in [0.4, 0.5) is 11.4 Å². The summed E-state index contributed by atoms with van der Waals surface area (Å²) in [5, 5.41) is 0. The first-order valence-electron chi connectivity index (χ1n) is 12.4. The zero-order chi connectivity index (χ0) is 25.2. The summed E-state index contributed by atoms with van der Waals surface area (Å²) in [5.74, 6) is -0.137. The van der Waals surface area contributed by atoms with Gasteiger partial charge in [0, 0.05) is 36.8 Å². The largest absolute Gasteiger partial charge is 0.368 e. The molecule has 2 aliphatic heterocycles. The van der Waals surface area contributed by atoms with E-state index in [0.717, 1.165) is 29.2 Å². The van der Waals surface area contributed by atoms with E-state index in [1.807, 2.05) is 66.4 Å². The van der Waals surface area contributed by atoms with Crippen LogP contribution >= 0.6 is 11.8 Å². The minimum atomic E-state index is -0.123. The second-order valence-electron chi connectivity index (χ2n) is 9.54. The minimum Gasteiger partial charge on any atom is -0.368 e. The van der Waals surface area contributed by atoms with Crippen LogP contribution in [-0.4, -0.2) is 49.4 Å². The second-order valence-corrected chi connectivity index (χ2v) is 10.6. The molecule has 0 aromatic heterocycles. The van der Waals surface area contributed by atoms with E-state index in [0.29, 0.717) is 18.0 Å². The number of nitrogens with zero attached hydrogens (tertiary/aromatic N) is 3. The van der Waals surface area contributed by atoms with E-state index in [4.69, 9.17) is 0 Å². The molecule has 184 valence electrons. The third-order valence-electron chi connectivity index (χ3n) is 6.84. The quantitative estimate of drug-likeness (QED) is 0.450. The van der Waals surface area contributed by atoms with Crippen molar-refractivity contribution in [2.45, 2.75) is 25.7 Å². The predicted molar refractivity (Wildman–Crippen MR) is 149 cm³/mol. The third kappa shape index (κ3) is 5.05. The molecule has 3 aromatic carbocycles. The Labute approximate surface area is 217 Å². The number of aryl methyl sites for hydroxylation is 3. The SMILES string of the molecule is Cc1ccc(C=C2Sc3ccccc3N(CC(=O)N3CCN(c4cc(C)ccc4C)CC3)C2=O)cc1. The molecule has 1 saturated heterocycles. The van der Waals surface area contributed by atoms with E-state index in [9.17, 15) is 9.59 Å². The van der Waals surface area contributed by atoms with Gasteiger partial charge in [-0.15, -0.1) is 0 Å². The molecule has 0 N–H and O–H groups in total. The summed E-state index contributed by atoms with van der Waals surface area (Å²) in [6.45, 7) is 9.20. The maximum absolute atomic E-state index is 13.5. The second kappa shape index (κ2) is 10.2. The van der Waals surface area contributed by atoms with Crippen molar-refractivity contribution in [1.29, 1.82) is 0 Å². The standard InChI is InChI=1S/C30H31N3O2S/c1-21-9-12-24(13-10-21)19-28-30(35)33(25-6-4-5-7-27(25)36-28)20-29(34)32-16-14-31(15-17-32)26-18-22(2)8-11-23(26)3/h4-13,18-19H,14-17,20H2,1-3H3. The van der Waals surface area contributed by atoms with Crippen molar-refractivity contribution in [3.05, 3.63) is 93.9 Å². The number of hydrogen-bond acceptors (Lipinski definition) is 4. The summed E-state index contributed by atoms with van der Waals surface area (Å²) in [6.07, 6.45) is 1.92. The Kier molecular flexibility index (Phi) is 6.88. The molecule has 1 fully saturated rings.